The van der Waals surface area contributed by atoms with E-state index in [0.29, 0.717) is 37.6 Å². The van der Waals surface area contributed by atoms with Crippen molar-refractivity contribution in [3.05, 3.63) is 24.3 Å². The Morgan fingerprint density at radius 2 is 2.35 bits per heavy atom. The zero-order chi connectivity index (χ0) is 12.1. The van der Waals surface area contributed by atoms with Crippen LogP contribution in [0.4, 0.5) is 11.4 Å². The van der Waals surface area contributed by atoms with Crippen LogP contribution < -0.4 is 11.1 Å². The highest BCUT2D eigenvalue weighted by Crippen LogP contribution is 2.12. The normalized spacial score (nSPS) is 15.3. The molecule has 1 fully saturated rings. The summed E-state index contributed by atoms with van der Waals surface area (Å²) in [6.07, 6.45) is 0.501. The predicted octanol–water partition coefficient (Wildman–Crippen LogP) is 1.01. The predicted molar refractivity (Wildman–Crippen MR) is 64.7 cm³/mol. The summed E-state index contributed by atoms with van der Waals surface area (Å²) >= 11 is 0. The fourth-order valence-electron chi connectivity index (χ4n) is 1.47. The van der Waals surface area contributed by atoms with Gasteiger partial charge in [0.15, 0.2) is 0 Å². The van der Waals surface area contributed by atoms with Crippen LogP contribution in [0.3, 0.4) is 0 Å². The molecule has 1 saturated heterocycles. The highest BCUT2D eigenvalue weighted by Gasteiger charge is 2.18. The Kier molecular flexibility index (Phi) is 3.95. The van der Waals surface area contributed by atoms with Gasteiger partial charge in [-0.25, -0.2) is 0 Å². The van der Waals surface area contributed by atoms with Gasteiger partial charge in [-0.05, 0) is 18.2 Å². The average Bonchev–Trinajstić information content (AvgIpc) is 2.22. The van der Waals surface area contributed by atoms with Crippen LogP contribution in [0.5, 0.6) is 0 Å². The Labute approximate surface area is 99.9 Å². The smallest absolute Gasteiger partial charge is 0.226 e. The summed E-state index contributed by atoms with van der Waals surface area (Å²) in [6, 6.07) is 7.09. The van der Waals surface area contributed by atoms with Crippen molar-refractivity contribution in [2.24, 2.45) is 0 Å². The fourth-order valence-corrected chi connectivity index (χ4v) is 1.47. The van der Waals surface area contributed by atoms with Crippen molar-refractivity contribution in [3.8, 4) is 0 Å². The molecule has 0 atom stereocenters. The summed E-state index contributed by atoms with van der Waals surface area (Å²) in [5.41, 5.74) is 6.95. The highest BCUT2D eigenvalue weighted by atomic mass is 16.6. The van der Waals surface area contributed by atoms with Crippen molar-refractivity contribution >= 4 is 17.3 Å². The van der Waals surface area contributed by atoms with Gasteiger partial charge in [0.05, 0.1) is 26.2 Å². The zero-order valence-electron chi connectivity index (χ0n) is 9.52. The number of nitrogen functional groups attached to an aromatic ring is 1. The molecular weight excluding hydrogens is 220 g/mol. The van der Waals surface area contributed by atoms with Crippen molar-refractivity contribution in [2.75, 3.05) is 30.9 Å². The molecule has 5 heteroatoms. The molecule has 2 rings (SSSR count). The second-order valence-electron chi connectivity index (χ2n) is 3.95. The van der Waals surface area contributed by atoms with E-state index in [4.69, 9.17) is 15.2 Å². The van der Waals surface area contributed by atoms with E-state index in [1.54, 1.807) is 24.3 Å². The lowest BCUT2D eigenvalue weighted by Crippen LogP contribution is -2.36. The molecule has 0 aliphatic carbocycles. The van der Waals surface area contributed by atoms with E-state index in [9.17, 15) is 4.79 Å². The SMILES string of the molecule is Nc1cccc(NC(=O)CCOC2COC2)c1. The molecule has 0 aromatic heterocycles. The maximum absolute atomic E-state index is 11.5. The molecule has 92 valence electrons. The Morgan fingerprint density at radius 3 is 3.00 bits per heavy atom. The largest absolute Gasteiger partial charge is 0.399 e. The van der Waals surface area contributed by atoms with Gasteiger partial charge in [-0.3, -0.25) is 4.79 Å². The second-order valence-corrected chi connectivity index (χ2v) is 3.95. The number of benzene rings is 1. The summed E-state index contributed by atoms with van der Waals surface area (Å²) in [4.78, 5) is 11.5. The first-order valence-corrected chi connectivity index (χ1v) is 5.59. The fraction of sp³-hybridized carbons (Fsp3) is 0.417. The van der Waals surface area contributed by atoms with Gasteiger partial charge in [0.2, 0.25) is 5.91 Å². The lowest BCUT2D eigenvalue weighted by molar-refractivity contribution is -0.135. The van der Waals surface area contributed by atoms with E-state index in [1.807, 2.05) is 0 Å². The summed E-state index contributed by atoms with van der Waals surface area (Å²) in [5, 5.41) is 2.76. The standard InChI is InChI=1S/C12H16N2O3/c13-9-2-1-3-10(6-9)14-12(15)4-5-17-11-7-16-8-11/h1-3,6,11H,4-5,7-8,13H2,(H,14,15). The Hall–Kier alpha value is -1.59. The van der Waals surface area contributed by atoms with E-state index >= 15 is 0 Å². The monoisotopic (exact) mass is 236 g/mol. The third-order valence-electron chi connectivity index (χ3n) is 2.46. The molecule has 1 aliphatic heterocycles. The molecule has 17 heavy (non-hydrogen) atoms. The molecule has 0 spiro atoms. The molecule has 5 nitrogen and oxygen atoms in total. The Bertz CT molecular complexity index is 391. The third-order valence-corrected chi connectivity index (χ3v) is 2.46. The van der Waals surface area contributed by atoms with E-state index in [0.717, 1.165) is 0 Å². The molecule has 1 aromatic rings. The molecule has 0 radical (unpaired) electrons. The first kappa shape index (κ1) is 11.9. The number of rotatable bonds is 5. The minimum Gasteiger partial charge on any atom is -0.399 e. The van der Waals surface area contributed by atoms with Crippen LogP contribution in [0.15, 0.2) is 24.3 Å². The number of carbonyl (C=O) groups is 1. The number of ether oxygens (including phenoxy) is 2. The van der Waals surface area contributed by atoms with Gasteiger partial charge in [0.25, 0.3) is 0 Å². The van der Waals surface area contributed by atoms with Gasteiger partial charge in [-0.15, -0.1) is 0 Å². The van der Waals surface area contributed by atoms with Gasteiger partial charge in [-0.1, -0.05) is 6.07 Å². The molecule has 1 aliphatic rings. The van der Waals surface area contributed by atoms with Gasteiger partial charge in [-0.2, -0.15) is 0 Å². The molecule has 1 heterocycles. The number of hydrogen-bond acceptors (Lipinski definition) is 4. The number of amides is 1. The maximum atomic E-state index is 11.5. The number of nitrogens with two attached hydrogens (primary N) is 1. The molecule has 3 N–H and O–H groups in total. The van der Waals surface area contributed by atoms with Crippen molar-refractivity contribution in [1.82, 2.24) is 0 Å². The number of anilines is 2. The summed E-state index contributed by atoms with van der Waals surface area (Å²) in [5.74, 6) is -0.0733. The average molecular weight is 236 g/mol. The second kappa shape index (κ2) is 5.65. The summed E-state index contributed by atoms with van der Waals surface area (Å²) in [7, 11) is 0. The highest BCUT2D eigenvalue weighted by molar-refractivity contribution is 5.91. The lowest BCUT2D eigenvalue weighted by Gasteiger charge is -2.25. The Morgan fingerprint density at radius 1 is 1.53 bits per heavy atom. The van der Waals surface area contributed by atoms with E-state index in [2.05, 4.69) is 5.32 Å². The van der Waals surface area contributed by atoms with Gasteiger partial charge < -0.3 is 20.5 Å². The first-order chi connectivity index (χ1) is 8.24. The summed E-state index contributed by atoms with van der Waals surface area (Å²) < 4.78 is 10.4. The van der Waals surface area contributed by atoms with E-state index < -0.39 is 0 Å². The topological polar surface area (TPSA) is 73.6 Å². The van der Waals surface area contributed by atoms with Crippen LogP contribution in [0.1, 0.15) is 6.42 Å². The van der Waals surface area contributed by atoms with Crippen molar-refractivity contribution in [3.63, 3.8) is 0 Å². The van der Waals surface area contributed by atoms with Gasteiger partial charge >= 0.3 is 0 Å². The van der Waals surface area contributed by atoms with E-state index in [1.165, 1.54) is 0 Å². The van der Waals surface area contributed by atoms with Crippen LogP contribution in [-0.2, 0) is 14.3 Å². The van der Waals surface area contributed by atoms with E-state index in [-0.39, 0.29) is 12.0 Å². The molecule has 0 unspecified atom stereocenters. The third kappa shape index (κ3) is 3.72. The molecular formula is C12H16N2O3. The zero-order valence-corrected chi connectivity index (χ0v) is 9.52. The van der Waals surface area contributed by atoms with Crippen molar-refractivity contribution < 1.29 is 14.3 Å². The Balaban J connectivity index is 1.69. The number of carbonyl (C=O) groups excluding carboxylic acids is 1. The van der Waals surface area contributed by atoms with Crippen LogP contribution >= 0.6 is 0 Å². The van der Waals surface area contributed by atoms with Crippen LogP contribution in [0.25, 0.3) is 0 Å². The van der Waals surface area contributed by atoms with Crippen LogP contribution in [0.2, 0.25) is 0 Å². The van der Waals surface area contributed by atoms with Gasteiger partial charge in [0, 0.05) is 11.4 Å². The minimum absolute atomic E-state index is 0.0733. The number of nitrogens with one attached hydrogen (secondary N) is 1. The first-order valence-electron chi connectivity index (χ1n) is 5.59. The maximum Gasteiger partial charge on any atom is 0.226 e. The molecule has 0 bridgehead atoms. The quantitative estimate of drug-likeness (QED) is 0.748. The molecule has 1 amide bonds. The minimum atomic E-state index is -0.0733. The number of hydrogen-bond donors (Lipinski definition) is 2. The van der Waals surface area contributed by atoms with Crippen molar-refractivity contribution in [1.29, 1.82) is 0 Å². The molecule has 1 aromatic carbocycles. The van der Waals surface area contributed by atoms with Crippen LogP contribution in [-0.4, -0.2) is 31.8 Å². The molecule has 0 saturated carbocycles. The van der Waals surface area contributed by atoms with Crippen molar-refractivity contribution in [2.45, 2.75) is 12.5 Å². The lowest BCUT2D eigenvalue weighted by atomic mass is 10.2. The van der Waals surface area contributed by atoms with Gasteiger partial charge in [0.1, 0.15) is 6.10 Å². The van der Waals surface area contributed by atoms with Crippen LogP contribution in [0, 0.1) is 0 Å². The summed E-state index contributed by atoms with van der Waals surface area (Å²) in [6.45, 7) is 1.69.